The molecule has 0 aliphatic heterocycles. The molecule has 0 fully saturated rings. The Morgan fingerprint density at radius 1 is 1.42 bits per heavy atom. The number of aromatic nitrogens is 4. The number of hydrogen-bond donors (Lipinski definition) is 1. The highest BCUT2D eigenvalue weighted by molar-refractivity contribution is 6.30. The van der Waals surface area contributed by atoms with Crippen molar-refractivity contribution in [2.75, 3.05) is 6.54 Å². The van der Waals surface area contributed by atoms with E-state index in [2.05, 4.69) is 27.5 Å². The molecule has 0 spiro atoms. The molecule has 2 aromatic rings. The molecule has 5 nitrogen and oxygen atoms in total. The van der Waals surface area contributed by atoms with Crippen molar-refractivity contribution in [3.8, 4) is 0 Å². The van der Waals surface area contributed by atoms with Crippen LogP contribution in [0.25, 0.3) is 0 Å². The number of nitrogens with zero attached hydrogens (tertiary/aromatic N) is 4. The molecular weight excluding hydrogens is 262 g/mol. The van der Waals surface area contributed by atoms with Gasteiger partial charge < -0.3 is 5.32 Å². The van der Waals surface area contributed by atoms with Crippen molar-refractivity contribution in [1.29, 1.82) is 0 Å². The van der Waals surface area contributed by atoms with E-state index in [0.29, 0.717) is 5.15 Å². The van der Waals surface area contributed by atoms with E-state index in [1.165, 1.54) is 0 Å². The smallest absolute Gasteiger partial charge is 0.130 e. The van der Waals surface area contributed by atoms with Gasteiger partial charge in [0.15, 0.2) is 0 Å². The molecule has 19 heavy (non-hydrogen) atoms. The molecule has 0 saturated carbocycles. The summed E-state index contributed by atoms with van der Waals surface area (Å²) in [6, 6.07) is 2.14. The molecule has 0 saturated heterocycles. The number of rotatable bonds is 5. The molecule has 2 heterocycles. The van der Waals surface area contributed by atoms with Crippen LogP contribution in [0.4, 0.5) is 0 Å². The quantitative estimate of drug-likeness (QED) is 0.910. The highest BCUT2D eigenvalue weighted by atomic mass is 35.5. The Kier molecular flexibility index (Phi) is 4.50. The molecule has 0 bridgehead atoms. The normalized spacial score (nSPS) is 12.6. The number of nitrogens with one attached hydrogen (secondary N) is 1. The molecule has 102 valence electrons. The SMILES string of the molecule is CCNC(Cc1c(C)nn(C)c1Cl)c1ccnnc1. The van der Waals surface area contributed by atoms with E-state index >= 15 is 0 Å². The molecule has 0 radical (unpaired) electrons. The van der Waals surface area contributed by atoms with Crippen molar-refractivity contribution in [1.82, 2.24) is 25.3 Å². The van der Waals surface area contributed by atoms with Gasteiger partial charge >= 0.3 is 0 Å². The lowest BCUT2D eigenvalue weighted by molar-refractivity contribution is 0.545. The van der Waals surface area contributed by atoms with Crippen LogP contribution in [-0.2, 0) is 13.5 Å². The maximum absolute atomic E-state index is 6.29. The number of aryl methyl sites for hydroxylation is 2. The summed E-state index contributed by atoms with van der Waals surface area (Å²) in [7, 11) is 1.86. The van der Waals surface area contributed by atoms with Crippen LogP contribution in [0.15, 0.2) is 18.5 Å². The summed E-state index contributed by atoms with van der Waals surface area (Å²) in [5, 5.41) is 16.2. The zero-order valence-corrected chi connectivity index (χ0v) is 12.1. The van der Waals surface area contributed by atoms with Crippen LogP contribution in [0.2, 0.25) is 5.15 Å². The van der Waals surface area contributed by atoms with Crippen LogP contribution >= 0.6 is 11.6 Å². The largest absolute Gasteiger partial charge is 0.310 e. The third-order valence-electron chi connectivity index (χ3n) is 3.14. The second-order valence-electron chi connectivity index (χ2n) is 4.47. The van der Waals surface area contributed by atoms with Gasteiger partial charge in [0.25, 0.3) is 0 Å². The summed E-state index contributed by atoms with van der Waals surface area (Å²) < 4.78 is 1.71. The van der Waals surface area contributed by atoms with Gasteiger partial charge in [-0.05, 0) is 31.5 Å². The van der Waals surface area contributed by atoms with E-state index in [1.807, 2.05) is 20.0 Å². The molecular formula is C13H18ClN5. The zero-order valence-electron chi connectivity index (χ0n) is 11.4. The minimum atomic E-state index is 0.167. The summed E-state index contributed by atoms with van der Waals surface area (Å²) in [5.74, 6) is 0. The monoisotopic (exact) mass is 279 g/mol. The van der Waals surface area contributed by atoms with Gasteiger partial charge in [0.1, 0.15) is 5.15 Å². The fourth-order valence-corrected chi connectivity index (χ4v) is 2.42. The highest BCUT2D eigenvalue weighted by Crippen LogP contribution is 2.25. The van der Waals surface area contributed by atoms with E-state index in [4.69, 9.17) is 11.6 Å². The van der Waals surface area contributed by atoms with Gasteiger partial charge in [-0.2, -0.15) is 15.3 Å². The lowest BCUT2D eigenvalue weighted by atomic mass is 10.0. The molecule has 1 N–H and O–H groups in total. The van der Waals surface area contributed by atoms with E-state index in [9.17, 15) is 0 Å². The van der Waals surface area contributed by atoms with E-state index in [-0.39, 0.29) is 6.04 Å². The van der Waals surface area contributed by atoms with Crippen LogP contribution < -0.4 is 5.32 Å². The van der Waals surface area contributed by atoms with Crippen molar-refractivity contribution in [3.63, 3.8) is 0 Å². The van der Waals surface area contributed by atoms with E-state index < -0.39 is 0 Å². The van der Waals surface area contributed by atoms with Gasteiger partial charge in [-0.15, -0.1) is 0 Å². The third-order valence-corrected chi connectivity index (χ3v) is 3.61. The van der Waals surface area contributed by atoms with Crippen molar-refractivity contribution in [3.05, 3.63) is 40.4 Å². The van der Waals surface area contributed by atoms with Crippen molar-refractivity contribution in [2.24, 2.45) is 7.05 Å². The van der Waals surface area contributed by atoms with Crippen LogP contribution in [0.1, 0.15) is 29.8 Å². The first kappa shape index (κ1) is 14.0. The number of hydrogen-bond acceptors (Lipinski definition) is 4. The second kappa shape index (κ2) is 6.12. The van der Waals surface area contributed by atoms with Crippen LogP contribution in [0.5, 0.6) is 0 Å². The first-order chi connectivity index (χ1) is 9.13. The molecule has 2 rings (SSSR count). The van der Waals surface area contributed by atoms with Gasteiger partial charge in [0.05, 0.1) is 11.9 Å². The van der Waals surface area contributed by atoms with E-state index in [1.54, 1.807) is 17.1 Å². The number of likely N-dealkylation sites (N-methyl/N-ethyl adjacent to an activating group) is 1. The summed E-state index contributed by atoms with van der Waals surface area (Å²) in [6.07, 6.45) is 4.28. The third kappa shape index (κ3) is 3.11. The Hall–Kier alpha value is -1.46. The molecule has 2 aromatic heterocycles. The summed E-state index contributed by atoms with van der Waals surface area (Å²) in [4.78, 5) is 0. The standard InChI is InChI=1S/C13H18ClN5/c1-4-15-12(10-5-6-16-17-8-10)7-11-9(2)18-19(3)13(11)14/h5-6,8,12,15H,4,7H2,1-3H3. The Bertz CT molecular complexity index is 537. The van der Waals surface area contributed by atoms with Gasteiger partial charge in [0.2, 0.25) is 0 Å². The molecule has 1 atom stereocenters. The minimum absolute atomic E-state index is 0.167. The van der Waals surface area contributed by atoms with Gasteiger partial charge in [-0.1, -0.05) is 18.5 Å². The maximum atomic E-state index is 6.29. The Balaban J connectivity index is 2.26. The van der Waals surface area contributed by atoms with Crippen molar-refractivity contribution in [2.45, 2.75) is 26.3 Å². The fourth-order valence-electron chi connectivity index (χ4n) is 2.17. The molecule has 0 aromatic carbocycles. The van der Waals surface area contributed by atoms with Crippen LogP contribution in [-0.4, -0.2) is 26.5 Å². The molecule has 6 heteroatoms. The van der Waals surface area contributed by atoms with E-state index in [0.717, 1.165) is 29.8 Å². The molecule has 1 unspecified atom stereocenters. The second-order valence-corrected chi connectivity index (χ2v) is 4.83. The Morgan fingerprint density at radius 2 is 2.21 bits per heavy atom. The summed E-state index contributed by atoms with van der Waals surface area (Å²) >= 11 is 6.29. The zero-order chi connectivity index (χ0) is 13.8. The van der Waals surface area contributed by atoms with Gasteiger partial charge in [-0.3, -0.25) is 4.68 Å². The van der Waals surface area contributed by atoms with Crippen LogP contribution in [0.3, 0.4) is 0 Å². The number of halogens is 1. The molecule has 0 aliphatic rings. The first-order valence-corrected chi connectivity index (χ1v) is 6.69. The lowest BCUT2D eigenvalue weighted by Gasteiger charge is -2.17. The van der Waals surface area contributed by atoms with Crippen molar-refractivity contribution >= 4 is 11.6 Å². The minimum Gasteiger partial charge on any atom is -0.310 e. The fraction of sp³-hybridized carbons (Fsp3) is 0.462. The van der Waals surface area contributed by atoms with Crippen molar-refractivity contribution < 1.29 is 0 Å². The average molecular weight is 280 g/mol. The predicted octanol–water partition coefficient (Wildman–Crippen LogP) is 2.07. The average Bonchev–Trinajstić information content (AvgIpc) is 2.65. The first-order valence-electron chi connectivity index (χ1n) is 6.31. The predicted molar refractivity (Wildman–Crippen MR) is 75.1 cm³/mol. The lowest BCUT2D eigenvalue weighted by Crippen LogP contribution is -2.23. The Labute approximate surface area is 118 Å². The highest BCUT2D eigenvalue weighted by Gasteiger charge is 2.18. The molecule has 0 aliphatic carbocycles. The van der Waals surface area contributed by atoms with Gasteiger partial charge in [0, 0.05) is 24.8 Å². The topological polar surface area (TPSA) is 55.6 Å². The summed E-state index contributed by atoms with van der Waals surface area (Å²) in [5.41, 5.74) is 3.15. The van der Waals surface area contributed by atoms with Gasteiger partial charge in [-0.25, -0.2) is 0 Å². The summed E-state index contributed by atoms with van der Waals surface area (Å²) in [6.45, 7) is 4.94. The Morgan fingerprint density at radius 3 is 2.74 bits per heavy atom. The molecule has 0 amide bonds. The van der Waals surface area contributed by atoms with Crippen LogP contribution in [0, 0.1) is 6.92 Å². The maximum Gasteiger partial charge on any atom is 0.130 e.